The lowest BCUT2D eigenvalue weighted by Crippen LogP contribution is -2.39. The predicted octanol–water partition coefficient (Wildman–Crippen LogP) is 2.37. The first kappa shape index (κ1) is 28.6. The van der Waals surface area contributed by atoms with Gasteiger partial charge >= 0.3 is 18.2 Å². The number of carbonyl (C=O) groups is 4. The largest absolute Gasteiger partial charge is 0.490 e. The normalized spacial score (nSPS) is 21.8. The van der Waals surface area contributed by atoms with E-state index in [4.69, 9.17) is 14.9 Å². The molecule has 0 bridgehead atoms. The van der Waals surface area contributed by atoms with Crippen molar-refractivity contribution in [3.05, 3.63) is 23.5 Å². The van der Waals surface area contributed by atoms with Gasteiger partial charge in [0.25, 0.3) is 5.91 Å². The molecule has 2 aromatic heterocycles. The summed E-state index contributed by atoms with van der Waals surface area (Å²) >= 11 is 0. The Morgan fingerprint density at radius 3 is 2.23 bits per heavy atom. The van der Waals surface area contributed by atoms with Crippen LogP contribution < -0.4 is 26.6 Å². The Morgan fingerprint density at radius 1 is 1.07 bits per heavy atom. The maximum absolute atomic E-state index is 11.9. The van der Waals surface area contributed by atoms with Crippen LogP contribution in [-0.2, 0) is 14.4 Å². The number of rotatable bonds is 7. The van der Waals surface area contributed by atoms with Crippen molar-refractivity contribution in [2.24, 2.45) is 0 Å². The number of carbonyl (C=O) groups excluding carboxylic acids is 3. The minimum Gasteiger partial charge on any atom is -0.475 e. The highest BCUT2D eigenvalue weighted by molar-refractivity contribution is 6.14. The van der Waals surface area contributed by atoms with Crippen LogP contribution in [0.1, 0.15) is 57.4 Å². The Bertz CT molecular complexity index is 1330. The first-order valence-electron chi connectivity index (χ1n) is 12.8. The van der Waals surface area contributed by atoms with Gasteiger partial charge in [-0.1, -0.05) is 6.92 Å². The smallest absolute Gasteiger partial charge is 0.475 e. The quantitative estimate of drug-likeness (QED) is 0.217. The summed E-state index contributed by atoms with van der Waals surface area (Å²) in [5.41, 5.74) is 1.39. The van der Waals surface area contributed by atoms with E-state index in [0.717, 1.165) is 50.2 Å². The van der Waals surface area contributed by atoms with Crippen LogP contribution in [0, 0.1) is 0 Å². The molecule has 2 aliphatic carbocycles. The first-order valence-corrected chi connectivity index (χ1v) is 12.8. The number of hydrogen-bond donors (Lipinski definition) is 6. The molecular formula is C24H29F3N8O5. The van der Waals surface area contributed by atoms with Crippen molar-refractivity contribution in [2.45, 2.75) is 76.2 Å². The molecule has 0 aromatic carbocycles. The number of anilines is 2. The van der Waals surface area contributed by atoms with Crippen molar-refractivity contribution < 1.29 is 37.5 Å². The molecule has 3 fully saturated rings. The highest BCUT2D eigenvalue weighted by atomic mass is 19.4. The number of aromatic nitrogens is 3. The van der Waals surface area contributed by atoms with Gasteiger partial charge in [-0.2, -0.15) is 22.8 Å². The van der Waals surface area contributed by atoms with Gasteiger partial charge in [-0.3, -0.25) is 14.9 Å². The molecule has 13 nitrogen and oxygen atoms in total. The van der Waals surface area contributed by atoms with Crippen molar-refractivity contribution in [3.63, 3.8) is 0 Å². The van der Waals surface area contributed by atoms with Gasteiger partial charge in [0.15, 0.2) is 5.65 Å². The molecule has 6 N–H and O–H groups in total. The van der Waals surface area contributed by atoms with Crippen molar-refractivity contribution >= 4 is 47.2 Å². The number of amides is 4. The van der Waals surface area contributed by atoms with E-state index in [1.54, 1.807) is 16.8 Å². The maximum Gasteiger partial charge on any atom is 0.490 e. The van der Waals surface area contributed by atoms with E-state index in [2.05, 4.69) is 31.7 Å². The van der Waals surface area contributed by atoms with Crippen LogP contribution in [-0.4, -0.2) is 67.8 Å². The fourth-order valence-corrected chi connectivity index (χ4v) is 4.25. The Labute approximate surface area is 226 Å². The van der Waals surface area contributed by atoms with Crippen LogP contribution in [0.15, 0.2) is 18.0 Å². The van der Waals surface area contributed by atoms with Crippen LogP contribution in [0.5, 0.6) is 0 Å². The summed E-state index contributed by atoms with van der Waals surface area (Å²) in [5.74, 6) is -1.57. The van der Waals surface area contributed by atoms with Crippen molar-refractivity contribution in [2.75, 3.05) is 10.6 Å². The zero-order chi connectivity index (χ0) is 29.0. The molecule has 5 rings (SSSR count). The fraction of sp³-hybridized carbons (Fsp3) is 0.500. The number of alkyl halides is 3. The number of nitrogens with zero attached hydrogens (tertiary/aromatic N) is 3. The molecule has 0 atom stereocenters. The lowest BCUT2D eigenvalue weighted by molar-refractivity contribution is -0.192. The first-order chi connectivity index (χ1) is 18.9. The lowest BCUT2D eigenvalue weighted by Gasteiger charge is -2.30. The summed E-state index contributed by atoms with van der Waals surface area (Å²) in [5, 5.41) is 26.4. The fourth-order valence-electron chi connectivity index (χ4n) is 4.25. The Kier molecular flexibility index (Phi) is 8.44. The summed E-state index contributed by atoms with van der Waals surface area (Å²) in [6.45, 7) is 1.87. The zero-order valence-electron chi connectivity index (χ0n) is 21.5. The molecule has 2 aromatic rings. The number of hydrogen-bond acceptors (Lipinski definition) is 8. The van der Waals surface area contributed by atoms with Crippen molar-refractivity contribution in [1.29, 1.82) is 0 Å². The summed E-state index contributed by atoms with van der Waals surface area (Å²) in [7, 11) is 0. The molecular weight excluding hydrogens is 537 g/mol. The topological polar surface area (TPSA) is 179 Å². The Hall–Kier alpha value is -4.37. The molecule has 1 aliphatic heterocycles. The van der Waals surface area contributed by atoms with Crippen LogP contribution in [0.4, 0.5) is 29.6 Å². The predicted molar refractivity (Wildman–Crippen MR) is 136 cm³/mol. The molecule has 0 radical (unpaired) electrons. The number of fused-ring (bicyclic) bond motifs is 1. The van der Waals surface area contributed by atoms with Gasteiger partial charge in [-0.15, -0.1) is 0 Å². The monoisotopic (exact) mass is 566 g/mol. The third-order valence-corrected chi connectivity index (χ3v) is 6.46. The molecule has 216 valence electrons. The van der Waals surface area contributed by atoms with E-state index >= 15 is 0 Å². The van der Waals surface area contributed by atoms with Gasteiger partial charge in [0.05, 0.1) is 6.20 Å². The van der Waals surface area contributed by atoms with Gasteiger partial charge in [-0.25, -0.2) is 14.6 Å². The molecule has 0 spiro atoms. The summed E-state index contributed by atoms with van der Waals surface area (Å²) < 4.78 is 33.5. The standard InChI is InChI=1S/C22H28N8O3.C2HF3O2/c1-2-19(31)26-15-7-3-13(4-8-15)24-17-10-18(25-14-5-6-14)30-20(28-17)12(11-23-30)9-16-21(32)29-22(33)27-16;3-2(4,5)1(6)7/h9-11,13-15,25H,2-8H2,1H3,(H,24,28)(H,26,31)(H2,27,29,32,33);(H,6,7). The minimum atomic E-state index is -5.08. The SMILES string of the molecule is CCC(=O)NC1CCC(Nc2cc(NC3CC3)n3ncc(C=C4NC(=O)NC4=O)c3n2)CC1.O=C(O)C(F)(F)F. The average Bonchev–Trinajstić information content (AvgIpc) is 3.53. The van der Waals surface area contributed by atoms with Gasteiger partial charge in [0.1, 0.15) is 17.3 Å². The summed E-state index contributed by atoms with van der Waals surface area (Å²) in [4.78, 5) is 48.7. The lowest BCUT2D eigenvalue weighted by atomic mass is 9.91. The number of urea groups is 1. The summed E-state index contributed by atoms with van der Waals surface area (Å²) in [6, 6.07) is 2.34. The highest BCUT2D eigenvalue weighted by Gasteiger charge is 2.38. The number of nitrogens with one attached hydrogen (secondary N) is 5. The second-order valence-electron chi connectivity index (χ2n) is 9.66. The minimum absolute atomic E-state index is 0.101. The van der Waals surface area contributed by atoms with Crippen LogP contribution in [0.2, 0.25) is 0 Å². The number of halogens is 3. The molecule has 2 saturated carbocycles. The van der Waals surface area contributed by atoms with Crippen LogP contribution >= 0.6 is 0 Å². The highest BCUT2D eigenvalue weighted by Crippen LogP contribution is 2.29. The van der Waals surface area contributed by atoms with E-state index in [9.17, 15) is 27.6 Å². The Morgan fingerprint density at radius 2 is 1.68 bits per heavy atom. The van der Waals surface area contributed by atoms with Gasteiger partial charge in [0, 0.05) is 36.2 Å². The van der Waals surface area contributed by atoms with E-state index in [1.165, 1.54) is 0 Å². The number of carboxylic acid groups (broad SMARTS) is 1. The van der Waals surface area contributed by atoms with E-state index < -0.39 is 24.1 Å². The zero-order valence-corrected chi connectivity index (χ0v) is 21.5. The number of carboxylic acids is 1. The molecule has 3 aliphatic rings. The maximum atomic E-state index is 11.9. The van der Waals surface area contributed by atoms with Gasteiger partial charge < -0.3 is 26.4 Å². The third kappa shape index (κ3) is 7.39. The third-order valence-electron chi connectivity index (χ3n) is 6.46. The average molecular weight is 567 g/mol. The molecule has 0 unspecified atom stereocenters. The summed E-state index contributed by atoms with van der Waals surface area (Å²) in [6.07, 6.45) is 4.61. The van der Waals surface area contributed by atoms with Crippen molar-refractivity contribution in [3.8, 4) is 0 Å². The van der Waals surface area contributed by atoms with E-state index in [-0.39, 0.29) is 23.7 Å². The number of aliphatic carboxylic acids is 1. The molecule has 1 saturated heterocycles. The molecule has 4 amide bonds. The van der Waals surface area contributed by atoms with Crippen LogP contribution in [0.25, 0.3) is 11.7 Å². The van der Waals surface area contributed by atoms with Crippen LogP contribution in [0.3, 0.4) is 0 Å². The Balaban J connectivity index is 0.000000470. The number of imide groups is 1. The second-order valence-corrected chi connectivity index (χ2v) is 9.66. The van der Waals surface area contributed by atoms with Gasteiger partial charge in [-0.05, 0) is 44.6 Å². The molecule has 40 heavy (non-hydrogen) atoms. The van der Waals surface area contributed by atoms with E-state index in [0.29, 0.717) is 23.7 Å². The molecule has 16 heteroatoms. The second kappa shape index (κ2) is 11.8. The van der Waals surface area contributed by atoms with E-state index in [1.807, 2.05) is 13.0 Å². The molecule has 3 heterocycles. The van der Waals surface area contributed by atoms with Crippen molar-refractivity contribution in [1.82, 2.24) is 30.5 Å². The van der Waals surface area contributed by atoms with Gasteiger partial charge in [0.2, 0.25) is 5.91 Å².